The lowest BCUT2D eigenvalue weighted by Crippen LogP contribution is -2.50. The van der Waals surface area contributed by atoms with E-state index in [0.717, 1.165) is 22.7 Å². The third-order valence-corrected chi connectivity index (χ3v) is 12.5. The quantitative estimate of drug-likeness (QED) is 0.464. The van der Waals surface area contributed by atoms with E-state index in [1.165, 1.54) is 31.5 Å². The third-order valence-electron chi connectivity index (χ3n) is 6.64. The van der Waals surface area contributed by atoms with Gasteiger partial charge in [0.25, 0.3) is 11.8 Å². The minimum Gasteiger partial charge on any atom is -0.379 e. The van der Waals surface area contributed by atoms with E-state index in [9.17, 15) is 26.4 Å². The molecule has 5 rings (SSSR count). The minimum absolute atomic E-state index is 0.0992. The van der Waals surface area contributed by atoms with Gasteiger partial charge in [-0.1, -0.05) is 0 Å². The SMILES string of the molecule is O=C(c1cc(S(=O)(=O)N2CCOCC2)cs1)N1CCN(C(=O)c2cc(S(=O)(=O)N3CCOCC3)cs2)CC1. The molecular formula is C22H28N4O8S4. The maximum absolute atomic E-state index is 13.1. The van der Waals surface area contributed by atoms with Crippen molar-refractivity contribution in [2.75, 3.05) is 78.8 Å². The maximum atomic E-state index is 13.1. The van der Waals surface area contributed by atoms with Gasteiger partial charge >= 0.3 is 0 Å². The van der Waals surface area contributed by atoms with Crippen LogP contribution in [0.3, 0.4) is 0 Å². The molecule has 0 radical (unpaired) electrons. The summed E-state index contributed by atoms with van der Waals surface area (Å²) in [6.45, 7) is 3.65. The molecule has 0 aromatic carbocycles. The Labute approximate surface area is 229 Å². The Hall–Kier alpha value is -1.92. The number of sulfonamides is 2. The summed E-state index contributed by atoms with van der Waals surface area (Å²) in [6.07, 6.45) is 0. The fourth-order valence-electron chi connectivity index (χ4n) is 4.43. The Bertz CT molecular complexity index is 1280. The van der Waals surface area contributed by atoms with Crippen LogP contribution in [0.4, 0.5) is 0 Å². The zero-order valence-electron chi connectivity index (χ0n) is 20.5. The van der Waals surface area contributed by atoms with Crippen LogP contribution in [0, 0.1) is 0 Å². The summed E-state index contributed by atoms with van der Waals surface area (Å²) >= 11 is 2.17. The minimum atomic E-state index is -3.68. The molecule has 208 valence electrons. The van der Waals surface area contributed by atoms with Crippen LogP contribution < -0.4 is 0 Å². The van der Waals surface area contributed by atoms with Gasteiger partial charge in [0.15, 0.2) is 0 Å². The van der Waals surface area contributed by atoms with Gasteiger partial charge in [-0.15, -0.1) is 22.7 Å². The molecule has 16 heteroatoms. The number of carbonyl (C=O) groups excluding carboxylic acids is 2. The van der Waals surface area contributed by atoms with Crippen LogP contribution in [0.15, 0.2) is 32.7 Å². The van der Waals surface area contributed by atoms with Crippen molar-refractivity contribution in [3.8, 4) is 0 Å². The smallest absolute Gasteiger partial charge is 0.264 e. The standard InChI is InChI=1S/C22H28N4O8S4/c27-21(19-13-17(15-35-19)37(29,30)25-5-9-33-10-6-25)23-1-2-24(4-3-23)22(28)20-14-18(16-36-20)38(31,32)26-7-11-34-12-8-26/h13-16H,1-12H2. The molecule has 0 unspecified atom stereocenters. The van der Waals surface area contributed by atoms with Gasteiger partial charge in [0.1, 0.15) is 0 Å². The number of amides is 2. The highest BCUT2D eigenvalue weighted by Gasteiger charge is 2.32. The molecule has 5 heterocycles. The molecule has 0 bridgehead atoms. The van der Waals surface area contributed by atoms with E-state index < -0.39 is 20.0 Å². The van der Waals surface area contributed by atoms with E-state index in [1.54, 1.807) is 9.80 Å². The Morgan fingerprint density at radius 2 is 0.947 bits per heavy atom. The number of nitrogens with zero attached hydrogens (tertiary/aromatic N) is 4. The first kappa shape index (κ1) is 27.6. The lowest BCUT2D eigenvalue weighted by Gasteiger charge is -2.34. The van der Waals surface area contributed by atoms with Crippen molar-refractivity contribution >= 4 is 54.5 Å². The highest BCUT2D eigenvalue weighted by atomic mass is 32.2. The lowest BCUT2D eigenvalue weighted by molar-refractivity contribution is 0.0540. The van der Waals surface area contributed by atoms with Gasteiger partial charge < -0.3 is 19.3 Å². The Kier molecular flexibility index (Phi) is 8.21. The number of hydrogen-bond donors (Lipinski definition) is 0. The van der Waals surface area contributed by atoms with Gasteiger partial charge in [-0.2, -0.15) is 8.61 Å². The summed E-state index contributed by atoms with van der Waals surface area (Å²) in [6, 6.07) is 2.83. The van der Waals surface area contributed by atoms with Gasteiger partial charge in [-0.25, -0.2) is 16.8 Å². The van der Waals surface area contributed by atoms with Crippen molar-refractivity contribution in [2.45, 2.75) is 9.79 Å². The Morgan fingerprint density at radius 1 is 0.605 bits per heavy atom. The Morgan fingerprint density at radius 3 is 1.29 bits per heavy atom. The zero-order valence-corrected chi connectivity index (χ0v) is 23.7. The van der Waals surface area contributed by atoms with Crippen molar-refractivity contribution in [3.05, 3.63) is 32.6 Å². The second-order valence-corrected chi connectivity index (χ2v) is 14.6. The second-order valence-electron chi connectivity index (χ2n) is 8.91. The number of hydrogen-bond acceptors (Lipinski definition) is 10. The predicted octanol–water partition coefficient (Wildman–Crippen LogP) is 0.450. The number of rotatable bonds is 6. The van der Waals surface area contributed by atoms with Gasteiger partial charge in [0, 0.05) is 63.1 Å². The summed E-state index contributed by atoms with van der Waals surface area (Å²) in [7, 11) is -7.37. The van der Waals surface area contributed by atoms with Crippen molar-refractivity contribution in [1.29, 1.82) is 0 Å². The highest BCUT2D eigenvalue weighted by Crippen LogP contribution is 2.27. The summed E-state index contributed by atoms with van der Waals surface area (Å²) in [5, 5.41) is 2.97. The number of ether oxygens (including phenoxy) is 2. The molecular weight excluding hydrogens is 577 g/mol. The number of carbonyl (C=O) groups is 2. The van der Waals surface area contributed by atoms with Crippen LogP contribution in [-0.4, -0.2) is 126 Å². The molecule has 2 amide bonds. The largest absolute Gasteiger partial charge is 0.379 e. The molecule has 3 fully saturated rings. The van der Waals surface area contributed by atoms with Crippen LogP contribution in [0.25, 0.3) is 0 Å². The first-order valence-corrected chi connectivity index (χ1v) is 16.7. The van der Waals surface area contributed by atoms with E-state index in [-0.39, 0.29) is 47.8 Å². The molecule has 0 atom stereocenters. The summed E-state index contributed by atoms with van der Waals surface area (Å²) in [5.41, 5.74) is 0. The molecule has 38 heavy (non-hydrogen) atoms. The first-order chi connectivity index (χ1) is 18.2. The van der Waals surface area contributed by atoms with Gasteiger partial charge in [-0.3, -0.25) is 9.59 Å². The lowest BCUT2D eigenvalue weighted by atomic mass is 10.2. The van der Waals surface area contributed by atoms with Crippen LogP contribution in [0.5, 0.6) is 0 Å². The highest BCUT2D eigenvalue weighted by molar-refractivity contribution is 7.89. The first-order valence-electron chi connectivity index (χ1n) is 12.1. The summed E-state index contributed by atoms with van der Waals surface area (Å²) < 4.78 is 64.6. The van der Waals surface area contributed by atoms with Gasteiger partial charge in [0.2, 0.25) is 20.0 Å². The number of thiophene rings is 2. The van der Waals surface area contributed by atoms with E-state index in [1.807, 2.05) is 0 Å². The van der Waals surface area contributed by atoms with Crippen LogP contribution in [-0.2, 0) is 29.5 Å². The van der Waals surface area contributed by atoms with E-state index in [2.05, 4.69) is 0 Å². The molecule has 0 aliphatic carbocycles. The third kappa shape index (κ3) is 5.54. The van der Waals surface area contributed by atoms with E-state index >= 15 is 0 Å². The van der Waals surface area contributed by atoms with Gasteiger partial charge in [0.05, 0.1) is 46.0 Å². The molecule has 2 aromatic rings. The van der Waals surface area contributed by atoms with Crippen molar-refractivity contribution in [3.63, 3.8) is 0 Å². The molecule has 0 N–H and O–H groups in total. The van der Waals surface area contributed by atoms with Crippen molar-refractivity contribution in [1.82, 2.24) is 18.4 Å². The molecule has 2 aromatic heterocycles. The molecule has 12 nitrogen and oxygen atoms in total. The fraction of sp³-hybridized carbons (Fsp3) is 0.545. The molecule has 0 saturated carbocycles. The van der Waals surface area contributed by atoms with Crippen LogP contribution >= 0.6 is 22.7 Å². The monoisotopic (exact) mass is 604 g/mol. The summed E-state index contributed by atoms with van der Waals surface area (Å²) in [5.74, 6) is -0.555. The average Bonchev–Trinajstić information content (AvgIpc) is 3.65. The maximum Gasteiger partial charge on any atom is 0.264 e. The fourth-order valence-corrected chi connectivity index (χ4v) is 9.70. The number of morpholine rings is 2. The topological polar surface area (TPSA) is 134 Å². The molecule has 3 aliphatic heterocycles. The van der Waals surface area contributed by atoms with Crippen LogP contribution in [0.1, 0.15) is 19.3 Å². The van der Waals surface area contributed by atoms with E-state index in [4.69, 9.17) is 9.47 Å². The van der Waals surface area contributed by atoms with Crippen LogP contribution in [0.2, 0.25) is 0 Å². The predicted molar refractivity (Wildman–Crippen MR) is 140 cm³/mol. The van der Waals surface area contributed by atoms with Crippen molar-refractivity contribution < 1.29 is 35.9 Å². The summed E-state index contributed by atoms with van der Waals surface area (Å²) in [4.78, 5) is 30.2. The normalized spacial score (nSPS) is 20.5. The Balaban J connectivity index is 1.19. The molecule has 3 saturated heterocycles. The van der Waals surface area contributed by atoms with Gasteiger partial charge in [-0.05, 0) is 12.1 Å². The number of piperazine rings is 1. The van der Waals surface area contributed by atoms with Crippen molar-refractivity contribution in [2.24, 2.45) is 0 Å². The molecule has 0 spiro atoms. The zero-order chi connectivity index (χ0) is 26.9. The van der Waals surface area contributed by atoms with E-state index in [0.29, 0.717) is 62.4 Å². The molecule has 3 aliphatic rings. The second kappa shape index (κ2) is 11.3. The average molecular weight is 605 g/mol.